The Balaban J connectivity index is 2.19. The highest BCUT2D eigenvalue weighted by Gasteiger charge is 2.62. The van der Waals surface area contributed by atoms with Gasteiger partial charge in [-0.3, -0.25) is 0 Å². The first-order valence-corrected chi connectivity index (χ1v) is 6.55. The summed E-state index contributed by atoms with van der Waals surface area (Å²) in [5, 5.41) is 0. The molecule has 2 bridgehead atoms. The van der Waals surface area contributed by atoms with Gasteiger partial charge in [0.15, 0.2) is 12.2 Å². The van der Waals surface area contributed by atoms with E-state index in [0.29, 0.717) is 0 Å². The Kier molecular flexibility index (Phi) is 4.29. The van der Waals surface area contributed by atoms with Crippen molar-refractivity contribution in [2.75, 3.05) is 0 Å². The van der Waals surface area contributed by atoms with Gasteiger partial charge in [-0.05, 0) is 11.8 Å². The van der Waals surface area contributed by atoms with Crippen molar-refractivity contribution in [2.24, 2.45) is 11.8 Å². The molecule has 2 aliphatic rings. The molecule has 11 heteroatoms. The lowest BCUT2D eigenvalue weighted by atomic mass is 9.78. The number of halogens is 6. The molecule has 5 nitrogen and oxygen atoms in total. The maximum atomic E-state index is 12.3. The minimum absolute atomic E-state index is 0.383. The van der Waals surface area contributed by atoms with Gasteiger partial charge in [0.05, 0.1) is 0 Å². The molecule has 2 aliphatic heterocycles. The molecule has 0 saturated carbocycles. The van der Waals surface area contributed by atoms with Crippen molar-refractivity contribution in [2.45, 2.75) is 50.6 Å². The fourth-order valence-electron chi connectivity index (χ4n) is 2.80. The highest BCUT2D eigenvalue weighted by molar-refractivity contribution is 5.77. The van der Waals surface area contributed by atoms with E-state index in [-0.39, 0.29) is 11.8 Å². The molecule has 6 atom stereocenters. The second kappa shape index (κ2) is 5.53. The highest BCUT2D eigenvalue weighted by Crippen LogP contribution is 2.46. The molecule has 2 heterocycles. The van der Waals surface area contributed by atoms with E-state index in [1.54, 1.807) is 13.8 Å². The number of ether oxygens (including phenoxy) is 3. The summed E-state index contributed by atoms with van der Waals surface area (Å²) in [7, 11) is 0. The monoisotopic (exact) mass is 350 g/mol. The minimum atomic E-state index is -5.32. The van der Waals surface area contributed by atoms with Crippen LogP contribution in [0, 0.1) is 11.8 Å². The number of hydrogen-bond donors (Lipinski definition) is 0. The van der Waals surface area contributed by atoms with Crippen LogP contribution in [-0.2, 0) is 23.8 Å². The summed E-state index contributed by atoms with van der Waals surface area (Å²) >= 11 is 0. The van der Waals surface area contributed by atoms with E-state index in [1.807, 2.05) is 0 Å². The highest BCUT2D eigenvalue weighted by atomic mass is 19.4. The van der Waals surface area contributed by atoms with Gasteiger partial charge in [-0.1, -0.05) is 13.8 Å². The van der Waals surface area contributed by atoms with E-state index in [0.717, 1.165) is 0 Å². The SMILES string of the molecule is CC1C(C)C2OC1C(OC(=O)C(F)(F)F)C2OC(=O)C(F)(F)F. The maximum Gasteiger partial charge on any atom is 0.490 e. The number of fused-ring (bicyclic) bond motifs is 2. The predicted molar refractivity (Wildman–Crippen MR) is 58.9 cm³/mol. The van der Waals surface area contributed by atoms with Crippen LogP contribution in [0.1, 0.15) is 13.8 Å². The number of carbonyl (C=O) groups excluding carboxylic acids is 2. The van der Waals surface area contributed by atoms with Crippen molar-refractivity contribution in [3.63, 3.8) is 0 Å². The molecule has 2 fully saturated rings. The molecule has 0 aromatic heterocycles. The Bertz CT molecular complexity index is 457. The van der Waals surface area contributed by atoms with Gasteiger partial charge < -0.3 is 14.2 Å². The molecule has 0 spiro atoms. The van der Waals surface area contributed by atoms with Gasteiger partial charge in [0.1, 0.15) is 12.2 Å². The van der Waals surface area contributed by atoms with E-state index in [4.69, 9.17) is 4.74 Å². The van der Waals surface area contributed by atoms with Crippen molar-refractivity contribution in [1.29, 1.82) is 0 Å². The normalized spacial score (nSPS) is 36.9. The van der Waals surface area contributed by atoms with Crippen molar-refractivity contribution in [3.05, 3.63) is 0 Å². The van der Waals surface area contributed by atoms with Crippen LogP contribution >= 0.6 is 0 Å². The van der Waals surface area contributed by atoms with E-state index in [9.17, 15) is 35.9 Å². The van der Waals surface area contributed by atoms with Crippen LogP contribution in [0.25, 0.3) is 0 Å². The number of alkyl halides is 6. The lowest BCUT2D eigenvalue weighted by molar-refractivity contribution is -0.223. The third kappa shape index (κ3) is 3.24. The Morgan fingerprint density at radius 3 is 1.35 bits per heavy atom. The van der Waals surface area contributed by atoms with Gasteiger partial charge in [0, 0.05) is 0 Å². The summed E-state index contributed by atoms with van der Waals surface area (Å²) in [4.78, 5) is 21.9. The zero-order valence-corrected chi connectivity index (χ0v) is 11.8. The summed E-state index contributed by atoms with van der Waals surface area (Å²) in [6, 6.07) is 0. The second-order valence-corrected chi connectivity index (χ2v) is 5.52. The zero-order valence-electron chi connectivity index (χ0n) is 11.8. The molecule has 0 amide bonds. The van der Waals surface area contributed by atoms with Crippen LogP contribution in [0.3, 0.4) is 0 Å². The third-order valence-electron chi connectivity index (χ3n) is 4.10. The van der Waals surface area contributed by atoms with Gasteiger partial charge >= 0.3 is 24.3 Å². The summed E-state index contributed by atoms with van der Waals surface area (Å²) in [6.45, 7) is 3.18. The molecular weight excluding hydrogens is 338 g/mol. The van der Waals surface area contributed by atoms with Gasteiger partial charge in [-0.2, -0.15) is 26.3 Å². The minimum Gasteiger partial charge on any atom is -0.449 e. The summed E-state index contributed by atoms with van der Waals surface area (Å²) in [5.74, 6) is -5.92. The largest absolute Gasteiger partial charge is 0.490 e. The lowest BCUT2D eigenvalue weighted by Gasteiger charge is -2.34. The average Bonchev–Trinajstić information content (AvgIpc) is 2.86. The number of esters is 2. The van der Waals surface area contributed by atoms with Gasteiger partial charge in [-0.15, -0.1) is 0 Å². The van der Waals surface area contributed by atoms with Crippen LogP contribution in [0.2, 0.25) is 0 Å². The standard InChI is InChI=1S/C12H12F6O5/c1-3-4(2)6-8(23-10(20)12(16,17)18)7(5(3)21-6)22-9(19)11(13,14)15/h3-8H,1-2H3. The smallest absolute Gasteiger partial charge is 0.449 e. The van der Waals surface area contributed by atoms with E-state index in [1.165, 1.54) is 0 Å². The molecule has 0 N–H and O–H groups in total. The van der Waals surface area contributed by atoms with Crippen molar-refractivity contribution in [1.82, 2.24) is 0 Å². The quantitative estimate of drug-likeness (QED) is 0.563. The predicted octanol–water partition coefficient (Wildman–Crippen LogP) is 1.99. The van der Waals surface area contributed by atoms with Gasteiger partial charge in [0.2, 0.25) is 0 Å². The molecule has 132 valence electrons. The lowest BCUT2D eigenvalue weighted by Crippen LogP contribution is -2.51. The molecular formula is C12H12F6O5. The first-order chi connectivity index (χ1) is 10.3. The zero-order chi connectivity index (χ0) is 17.7. The third-order valence-corrected chi connectivity index (χ3v) is 4.10. The fraction of sp³-hybridized carbons (Fsp3) is 0.833. The summed E-state index contributed by atoms with van der Waals surface area (Å²) in [5.41, 5.74) is 0. The van der Waals surface area contributed by atoms with Crippen LogP contribution in [0.5, 0.6) is 0 Å². The molecule has 2 rings (SSSR count). The van der Waals surface area contributed by atoms with Crippen LogP contribution in [-0.4, -0.2) is 48.7 Å². The van der Waals surface area contributed by atoms with Crippen LogP contribution in [0.4, 0.5) is 26.3 Å². The molecule has 23 heavy (non-hydrogen) atoms. The van der Waals surface area contributed by atoms with E-state index in [2.05, 4.69) is 9.47 Å². The van der Waals surface area contributed by atoms with Crippen molar-refractivity contribution >= 4 is 11.9 Å². The first-order valence-electron chi connectivity index (χ1n) is 6.55. The fourth-order valence-corrected chi connectivity index (χ4v) is 2.80. The van der Waals surface area contributed by atoms with E-state index < -0.39 is 48.7 Å². The Morgan fingerprint density at radius 2 is 1.09 bits per heavy atom. The Hall–Kier alpha value is -1.52. The van der Waals surface area contributed by atoms with Gasteiger partial charge in [-0.25, -0.2) is 9.59 Å². The average molecular weight is 350 g/mol. The molecule has 2 saturated heterocycles. The Labute approximate surface area is 125 Å². The van der Waals surface area contributed by atoms with Crippen molar-refractivity contribution < 1.29 is 50.1 Å². The van der Waals surface area contributed by atoms with Crippen molar-refractivity contribution in [3.8, 4) is 0 Å². The van der Waals surface area contributed by atoms with E-state index >= 15 is 0 Å². The molecule has 0 aliphatic carbocycles. The molecule has 0 aromatic carbocycles. The molecule has 0 aromatic rings. The molecule has 0 radical (unpaired) electrons. The number of rotatable bonds is 2. The number of carbonyl (C=O) groups is 2. The second-order valence-electron chi connectivity index (χ2n) is 5.52. The first kappa shape index (κ1) is 17.8. The number of hydrogen-bond acceptors (Lipinski definition) is 5. The molecule has 6 unspecified atom stereocenters. The summed E-state index contributed by atoms with van der Waals surface area (Å²) in [6.07, 6.45) is -16.3. The Morgan fingerprint density at radius 1 is 0.783 bits per heavy atom. The van der Waals surface area contributed by atoms with Crippen LogP contribution < -0.4 is 0 Å². The van der Waals surface area contributed by atoms with Crippen LogP contribution in [0.15, 0.2) is 0 Å². The topological polar surface area (TPSA) is 61.8 Å². The van der Waals surface area contributed by atoms with Gasteiger partial charge in [0.25, 0.3) is 0 Å². The summed E-state index contributed by atoms with van der Waals surface area (Å²) < 4.78 is 87.5. The maximum absolute atomic E-state index is 12.3.